The lowest BCUT2D eigenvalue weighted by Gasteiger charge is -1.96. The third-order valence-electron chi connectivity index (χ3n) is 1.45. The van der Waals surface area contributed by atoms with E-state index in [2.05, 4.69) is 4.98 Å². The summed E-state index contributed by atoms with van der Waals surface area (Å²) < 4.78 is 0. The van der Waals surface area contributed by atoms with Crippen LogP contribution in [0.1, 0.15) is 22.8 Å². The minimum atomic E-state index is -0.923. The topological polar surface area (TPSA) is 50.2 Å². The molecule has 12 heavy (non-hydrogen) atoms. The van der Waals surface area contributed by atoms with Crippen LogP contribution >= 0.6 is 12.4 Å². The van der Waals surface area contributed by atoms with Gasteiger partial charge in [-0.25, -0.2) is 4.79 Å². The van der Waals surface area contributed by atoms with E-state index in [1.165, 1.54) is 6.20 Å². The van der Waals surface area contributed by atoms with Gasteiger partial charge in [0.2, 0.25) is 0 Å². The van der Waals surface area contributed by atoms with E-state index in [4.69, 9.17) is 5.11 Å². The van der Waals surface area contributed by atoms with Crippen LogP contribution in [0.4, 0.5) is 0 Å². The SMILES string of the molecule is CCc1cncc(C(=O)O)c1.Cl. The number of hydrogen-bond acceptors (Lipinski definition) is 2. The highest BCUT2D eigenvalue weighted by molar-refractivity contribution is 5.87. The first-order valence-electron chi connectivity index (χ1n) is 3.41. The standard InChI is InChI=1S/C8H9NO2.ClH/c1-2-6-3-7(8(10)11)5-9-4-6;/h3-5H,2H2,1H3,(H,10,11);1H. The number of carboxylic acid groups (broad SMARTS) is 1. The van der Waals surface area contributed by atoms with Crippen LogP contribution in [-0.2, 0) is 6.42 Å². The summed E-state index contributed by atoms with van der Waals surface area (Å²) in [5.41, 5.74) is 1.20. The zero-order chi connectivity index (χ0) is 8.27. The van der Waals surface area contributed by atoms with Gasteiger partial charge in [0.15, 0.2) is 0 Å². The fraction of sp³-hybridized carbons (Fsp3) is 0.250. The molecule has 66 valence electrons. The quantitative estimate of drug-likeness (QED) is 0.768. The number of pyridine rings is 1. The molecule has 0 fully saturated rings. The molecular weight excluding hydrogens is 178 g/mol. The Hall–Kier alpha value is -1.09. The van der Waals surface area contributed by atoms with Gasteiger partial charge in [0.1, 0.15) is 0 Å². The largest absolute Gasteiger partial charge is 0.478 e. The fourth-order valence-corrected chi connectivity index (χ4v) is 0.798. The van der Waals surface area contributed by atoms with Gasteiger partial charge >= 0.3 is 5.97 Å². The maximum absolute atomic E-state index is 10.4. The van der Waals surface area contributed by atoms with Crippen molar-refractivity contribution in [2.24, 2.45) is 0 Å². The maximum Gasteiger partial charge on any atom is 0.337 e. The van der Waals surface area contributed by atoms with Gasteiger partial charge in [-0.3, -0.25) is 4.98 Å². The van der Waals surface area contributed by atoms with Crippen molar-refractivity contribution in [3.8, 4) is 0 Å². The van der Waals surface area contributed by atoms with E-state index in [0.717, 1.165) is 12.0 Å². The second-order valence-electron chi connectivity index (χ2n) is 2.24. The molecule has 0 saturated heterocycles. The Bertz CT molecular complexity index is 276. The third kappa shape index (κ3) is 2.51. The van der Waals surface area contributed by atoms with Gasteiger partial charge in [-0.1, -0.05) is 6.92 Å². The van der Waals surface area contributed by atoms with Crippen LogP contribution in [0.15, 0.2) is 18.5 Å². The number of rotatable bonds is 2. The van der Waals surface area contributed by atoms with Gasteiger partial charge in [0, 0.05) is 12.4 Å². The van der Waals surface area contributed by atoms with Crippen LogP contribution in [0.25, 0.3) is 0 Å². The molecule has 0 spiro atoms. The lowest BCUT2D eigenvalue weighted by molar-refractivity contribution is 0.0696. The molecule has 0 aromatic carbocycles. The van der Waals surface area contributed by atoms with Crippen molar-refractivity contribution in [2.75, 3.05) is 0 Å². The number of nitrogens with zero attached hydrogens (tertiary/aromatic N) is 1. The summed E-state index contributed by atoms with van der Waals surface area (Å²) in [4.78, 5) is 14.2. The predicted octanol–water partition coefficient (Wildman–Crippen LogP) is 1.76. The van der Waals surface area contributed by atoms with E-state index in [1.807, 2.05) is 6.92 Å². The zero-order valence-corrected chi connectivity index (χ0v) is 7.47. The number of carbonyl (C=O) groups is 1. The van der Waals surface area contributed by atoms with Gasteiger partial charge in [-0.15, -0.1) is 12.4 Å². The summed E-state index contributed by atoms with van der Waals surface area (Å²) in [6.45, 7) is 1.96. The Morgan fingerprint density at radius 2 is 2.25 bits per heavy atom. The average molecular weight is 188 g/mol. The molecule has 0 saturated carbocycles. The highest BCUT2D eigenvalue weighted by Gasteiger charge is 2.01. The normalized spacial score (nSPS) is 8.75. The minimum Gasteiger partial charge on any atom is -0.478 e. The van der Waals surface area contributed by atoms with Crippen LogP contribution < -0.4 is 0 Å². The molecule has 1 aromatic rings. The van der Waals surface area contributed by atoms with E-state index in [-0.39, 0.29) is 18.0 Å². The lowest BCUT2D eigenvalue weighted by atomic mass is 10.2. The van der Waals surface area contributed by atoms with Crippen molar-refractivity contribution in [2.45, 2.75) is 13.3 Å². The number of carboxylic acids is 1. The van der Waals surface area contributed by atoms with Crippen LogP contribution in [0.2, 0.25) is 0 Å². The smallest absolute Gasteiger partial charge is 0.337 e. The van der Waals surface area contributed by atoms with Crippen molar-refractivity contribution in [3.05, 3.63) is 29.6 Å². The van der Waals surface area contributed by atoms with E-state index in [1.54, 1.807) is 12.3 Å². The molecule has 4 heteroatoms. The third-order valence-corrected chi connectivity index (χ3v) is 1.45. The molecule has 3 nitrogen and oxygen atoms in total. The van der Waals surface area contributed by atoms with Gasteiger partial charge in [0.05, 0.1) is 5.56 Å². The molecule has 0 unspecified atom stereocenters. The van der Waals surface area contributed by atoms with Crippen LogP contribution in [0.5, 0.6) is 0 Å². The summed E-state index contributed by atoms with van der Waals surface area (Å²) in [5, 5.41) is 8.56. The van der Waals surface area contributed by atoms with Crippen LogP contribution in [-0.4, -0.2) is 16.1 Å². The van der Waals surface area contributed by atoms with Gasteiger partial charge in [-0.05, 0) is 18.1 Å². The lowest BCUT2D eigenvalue weighted by Crippen LogP contribution is -1.97. The van der Waals surface area contributed by atoms with Crippen molar-refractivity contribution < 1.29 is 9.90 Å². The number of aromatic carboxylic acids is 1. The van der Waals surface area contributed by atoms with Crippen molar-refractivity contribution in [1.82, 2.24) is 4.98 Å². The molecule has 0 amide bonds. The molecule has 0 aliphatic carbocycles. The Morgan fingerprint density at radius 1 is 1.58 bits per heavy atom. The first-order chi connectivity index (χ1) is 5.24. The molecule has 0 bridgehead atoms. The summed E-state index contributed by atoms with van der Waals surface area (Å²) in [5.74, 6) is -0.923. The molecule has 0 aliphatic heterocycles. The van der Waals surface area contributed by atoms with Gasteiger partial charge < -0.3 is 5.11 Å². The average Bonchev–Trinajstić information content (AvgIpc) is 2.05. The van der Waals surface area contributed by atoms with E-state index < -0.39 is 5.97 Å². The number of aromatic nitrogens is 1. The molecule has 1 heterocycles. The molecular formula is C8H10ClNO2. The first-order valence-corrected chi connectivity index (χ1v) is 3.41. The molecule has 1 aromatic heterocycles. The number of halogens is 1. The van der Waals surface area contributed by atoms with Crippen molar-refractivity contribution in [1.29, 1.82) is 0 Å². The minimum absolute atomic E-state index is 0. The monoisotopic (exact) mass is 187 g/mol. The first kappa shape index (κ1) is 10.9. The summed E-state index contributed by atoms with van der Waals surface area (Å²) in [7, 11) is 0. The van der Waals surface area contributed by atoms with Gasteiger partial charge in [-0.2, -0.15) is 0 Å². The highest BCUT2D eigenvalue weighted by atomic mass is 35.5. The van der Waals surface area contributed by atoms with Crippen LogP contribution in [0, 0.1) is 0 Å². The second-order valence-corrected chi connectivity index (χ2v) is 2.24. The summed E-state index contributed by atoms with van der Waals surface area (Å²) in [6, 6.07) is 1.63. The molecule has 0 radical (unpaired) electrons. The second kappa shape index (κ2) is 4.72. The summed E-state index contributed by atoms with van der Waals surface area (Å²) in [6.07, 6.45) is 3.84. The Labute approximate surface area is 76.9 Å². The van der Waals surface area contributed by atoms with Crippen LogP contribution in [0.3, 0.4) is 0 Å². The molecule has 1 rings (SSSR count). The van der Waals surface area contributed by atoms with Crippen molar-refractivity contribution >= 4 is 18.4 Å². The predicted molar refractivity (Wildman–Crippen MR) is 47.8 cm³/mol. The van der Waals surface area contributed by atoms with E-state index in [9.17, 15) is 4.79 Å². The summed E-state index contributed by atoms with van der Waals surface area (Å²) >= 11 is 0. The van der Waals surface area contributed by atoms with E-state index >= 15 is 0 Å². The van der Waals surface area contributed by atoms with Gasteiger partial charge in [0.25, 0.3) is 0 Å². The maximum atomic E-state index is 10.4. The molecule has 0 atom stereocenters. The Morgan fingerprint density at radius 3 is 2.75 bits per heavy atom. The fourth-order valence-electron chi connectivity index (χ4n) is 0.798. The van der Waals surface area contributed by atoms with E-state index in [0.29, 0.717) is 0 Å². The highest BCUT2D eigenvalue weighted by Crippen LogP contribution is 2.02. The van der Waals surface area contributed by atoms with Crippen molar-refractivity contribution in [3.63, 3.8) is 0 Å². The Balaban J connectivity index is 0.00000121. The number of aryl methyl sites for hydroxylation is 1. The Kier molecular flexibility index (Phi) is 4.29. The molecule has 1 N–H and O–H groups in total. The molecule has 0 aliphatic rings. The zero-order valence-electron chi connectivity index (χ0n) is 6.65. The number of hydrogen-bond donors (Lipinski definition) is 1.